The average Bonchev–Trinajstić information content (AvgIpc) is 3.21. The molecule has 0 amide bonds. The SMILES string of the molecule is CCc1nc2n(n1)CC(NC(=NC)NCc1ccc(Sc3ccccc3)cc1)CC2. The number of guanidine groups is 1. The van der Waals surface area contributed by atoms with E-state index in [0.29, 0.717) is 6.04 Å². The molecular weight excluding hydrogens is 392 g/mol. The molecule has 0 radical (unpaired) electrons. The van der Waals surface area contributed by atoms with Gasteiger partial charge in [-0.2, -0.15) is 5.10 Å². The molecule has 1 unspecified atom stereocenters. The van der Waals surface area contributed by atoms with Crippen LogP contribution in [0.2, 0.25) is 0 Å². The second kappa shape index (κ2) is 9.80. The van der Waals surface area contributed by atoms with Crippen LogP contribution in [-0.2, 0) is 25.9 Å². The van der Waals surface area contributed by atoms with Crippen molar-refractivity contribution in [3.8, 4) is 0 Å². The molecule has 0 bridgehead atoms. The first-order valence-corrected chi connectivity index (χ1v) is 11.3. The van der Waals surface area contributed by atoms with E-state index >= 15 is 0 Å². The van der Waals surface area contributed by atoms with E-state index in [4.69, 9.17) is 0 Å². The van der Waals surface area contributed by atoms with Crippen LogP contribution < -0.4 is 10.6 Å². The monoisotopic (exact) mass is 420 g/mol. The van der Waals surface area contributed by atoms with E-state index in [1.807, 2.05) is 17.8 Å². The average molecular weight is 421 g/mol. The minimum Gasteiger partial charge on any atom is -0.352 e. The van der Waals surface area contributed by atoms with Crippen molar-refractivity contribution in [3.05, 3.63) is 71.8 Å². The summed E-state index contributed by atoms with van der Waals surface area (Å²) in [5.74, 6) is 2.85. The second-order valence-corrected chi connectivity index (χ2v) is 8.49. The number of benzene rings is 2. The molecule has 156 valence electrons. The quantitative estimate of drug-likeness (QED) is 0.470. The van der Waals surface area contributed by atoms with E-state index in [9.17, 15) is 0 Å². The van der Waals surface area contributed by atoms with Gasteiger partial charge >= 0.3 is 0 Å². The smallest absolute Gasteiger partial charge is 0.191 e. The van der Waals surface area contributed by atoms with E-state index in [0.717, 1.165) is 50.0 Å². The molecule has 7 heteroatoms. The third kappa shape index (κ3) is 5.21. The van der Waals surface area contributed by atoms with Crippen molar-refractivity contribution in [3.63, 3.8) is 0 Å². The Balaban J connectivity index is 1.28. The molecule has 1 aliphatic rings. The van der Waals surface area contributed by atoms with E-state index in [2.05, 4.69) is 81.2 Å². The molecule has 6 nitrogen and oxygen atoms in total. The van der Waals surface area contributed by atoms with Gasteiger partial charge in [0.1, 0.15) is 5.82 Å². The van der Waals surface area contributed by atoms with Gasteiger partial charge in [0, 0.05) is 42.3 Å². The maximum absolute atomic E-state index is 4.59. The Morgan fingerprint density at radius 3 is 2.63 bits per heavy atom. The summed E-state index contributed by atoms with van der Waals surface area (Å²) in [5.41, 5.74) is 1.23. The Morgan fingerprint density at radius 2 is 1.90 bits per heavy atom. The summed E-state index contributed by atoms with van der Waals surface area (Å²) < 4.78 is 2.04. The number of aromatic nitrogens is 3. The van der Waals surface area contributed by atoms with Gasteiger partial charge in [-0.25, -0.2) is 9.67 Å². The zero-order chi connectivity index (χ0) is 20.8. The van der Waals surface area contributed by atoms with Crippen molar-refractivity contribution in [2.24, 2.45) is 4.99 Å². The van der Waals surface area contributed by atoms with Crippen LogP contribution in [0.1, 0.15) is 30.6 Å². The zero-order valence-electron chi connectivity index (χ0n) is 17.5. The van der Waals surface area contributed by atoms with Crippen LogP contribution in [0.5, 0.6) is 0 Å². The molecule has 4 rings (SSSR count). The highest BCUT2D eigenvalue weighted by atomic mass is 32.2. The second-order valence-electron chi connectivity index (χ2n) is 7.34. The summed E-state index contributed by atoms with van der Waals surface area (Å²) in [6, 6.07) is 19.4. The Morgan fingerprint density at radius 1 is 1.13 bits per heavy atom. The predicted molar refractivity (Wildman–Crippen MR) is 122 cm³/mol. The summed E-state index contributed by atoms with van der Waals surface area (Å²) in [5, 5.41) is 11.6. The van der Waals surface area contributed by atoms with Crippen LogP contribution in [0.4, 0.5) is 0 Å². The van der Waals surface area contributed by atoms with Crippen LogP contribution in [-0.4, -0.2) is 33.8 Å². The van der Waals surface area contributed by atoms with E-state index in [1.165, 1.54) is 15.4 Å². The lowest BCUT2D eigenvalue weighted by atomic mass is 10.1. The summed E-state index contributed by atoms with van der Waals surface area (Å²) >= 11 is 1.78. The molecule has 0 saturated carbocycles. The molecular formula is C23H28N6S. The molecule has 30 heavy (non-hydrogen) atoms. The van der Waals surface area contributed by atoms with Crippen molar-refractivity contribution in [1.82, 2.24) is 25.4 Å². The predicted octanol–water partition coefficient (Wildman–Crippen LogP) is 3.67. The Hall–Kier alpha value is -2.80. The number of aryl methyl sites for hydroxylation is 2. The Labute approximate surface area is 182 Å². The Kier molecular flexibility index (Phi) is 6.69. The number of nitrogens with one attached hydrogen (secondary N) is 2. The fourth-order valence-corrected chi connectivity index (χ4v) is 4.34. The number of fused-ring (bicyclic) bond motifs is 1. The van der Waals surface area contributed by atoms with Gasteiger partial charge in [0.25, 0.3) is 0 Å². The molecule has 1 atom stereocenters. The summed E-state index contributed by atoms with van der Waals surface area (Å²) in [6.07, 6.45) is 2.86. The molecule has 1 aliphatic heterocycles. The topological polar surface area (TPSA) is 67.1 Å². The molecule has 2 aromatic carbocycles. The molecule has 0 saturated heterocycles. The molecule has 1 aromatic heterocycles. The summed E-state index contributed by atoms with van der Waals surface area (Å²) in [7, 11) is 1.81. The summed E-state index contributed by atoms with van der Waals surface area (Å²) in [6.45, 7) is 3.65. The van der Waals surface area contributed by atoms with Crippen molar-refractivity contribution >= 4 is 17.7 Å². The first-order chi connectivity index (χ1) is 14.7. The zero-order valence-corrected chi connectivity index (χ0v) is 18.3. The third-order valence-electron chi connectivity index (χ3n) is 5.14. The van der Waals surface area contributed by atoms with E-state index in [-0.39, 0.29) is 0 Å². The molecule has 3 aromatic rings. The minimum absolute atomic E-state index is 0.305. The molecule has 2 N–H and O–H groups in total. The minimum atomic E-state index is 0.305. The van der Waals surface area contributed by atoms with Crippen LogP contribution in [0.3, 0.4) is 0 Å². The largest absolute Gasteiger partial charge is 0.352 e. The summed E-state index contributed by atoms with van der Waals surface area (Å²) in [4.78, 5) is 11.5. The van der Waals surface area contributed by atoms with Crippen molar-refractivity contribution in [2.45, 2.75) is 55.1 Å². The molecule has 2 heterocycles. The van der Waals surface area contributed by atoms with Gasteiger partial charge in [-0.05, 0) is 36.2 Å². The number of hydrogen-bond donors (Lipinski definition) is 2. The van der Waals surface area contributed by atoms with Gasteiger partial charge in [-0.15, -0.1) is 0 Å². The lowest BCUT2D eigenvalue weighted by molar-refractivity contribution is 0.392. The first kappa shape index (κ1) is 20.5. The van der Waals surface area contributed by atoms with Gasteiger partial charge in [-0.1, -0.05) is 49.0 Å². The lowest BCUT2D eigenvalue weighted by Crippen LogP contribution is -2.46. The van der Waals surface area contributed by atoms with Crippen LogP contribution in [0.25, 0.3) is 0 Å². The standard InChI is InChI=1S/C23H28N6S/c1-3-21-27-22-14-11-18(16-29(22)28-21)26-23(24-2)25-15-17-9-12-20(13-10-17)30-19-7-5-4-6-8-19/h4-10,12-13,18H,3,11,14-16H2,1-2H3,(H2,24,25,26). The van der Waals surface area contributed by atoms with Gasteiger partial charge in [0.15, 0.2) is 11.8 Å². The molecule has 0 spiro atoms. The van der Waals surface area contributed by atoms with Crippen LogP contribution in [0.15, 0.2) is 69.4 Å². The maximum atomic E-state index is 4.59. The highest BCUT2D eigenvalue weighted by molar-refractivity contribution is 7.99. The molecule has 0 aliphatic carbocycles. The lowest BCUT2D eigenvalue weighted by Gasteiger charge is -2.25. The van der Waals surface area contributed by atoms with E-state index in [1.54, 1.807) is 11.8 Å². The normalized spacial score (nSPS) is 16.2. The first-order valence-electron chi connectivity index (χ1n) is 10.4. The van der Waals surface area contributed by atoms with Gasteiger partial charge in [-0.3, -0.25) is 4.99 Å². The van der Waals surface area contributed by atoms with Crippen LogP contribution in [0, 0.1) is 0 Å². The third-order valence-corrected chi connectivity index (χ3v) is 6.16. The van der Waals surface area contributed by atoms with Crippen molar-refractivity contribution < 1.29 is 0 Å². The van der Waals surface area contributed by atoms with Gasteiger partial charge in [0.2, 0.25) is 0 Å². The number of aliphatic imine (C=N–C) groups is 1. The highest BCUT2D eigenvalue weighted by Crippen LogP contribution is 2.27. The van der Waals surface area contributed by atoms with Crippen molar-refractivity contribution in [2.75, 3.05) is 7.05 Å². The fraction of sp³-hybridized carbons (Fsp3) is 0.348. The maximum Gasteiger partial charge on any atom is 0.191 e. The van der Waals surface area contributed by atoms with Crippen LogP contribution >= 0.6 is 11.8 Å². The molecule has 0 fully saturated rings. The van der Waals surface area contributed by atoms with E-state index < -0.39 is 0 Å². The number of rotatable bonds is 6. The number of hydrogen-bond acceptors (Lipinski definition) is 4. The van der Waals surface area contributed by atoms with Crippen molar-refractivity contribution in [1.29, 1.82) is 0 Å². The van der Waals surface area contributed by atoms with Gasteiger partial charge in [0.05, 0.1) is 6.54 Å². The fourth-order valence-electron chi connectivity index (χ4n) is 3.50. The number of nitrogens with zero attached hydrogens (tertiary/aromatic N) is 4. The Bertz CT molecular complexity index is 981. The van der Waals surface area contributed by atoms with Gasteiger partial charge < -0.3 is 10.6 Å². The highest BCUT2D eigenvalue weighted by Gasteiger charge is 2.22.